The van der Waals surface area contributed by atoms with Gasteiger partial charge in [-0.05, 0) is 25.3 Å². The number of nitrogens with zero attached hydrogens (tertiary/aromatic N) is 1. The zero-order chi connectivity index (χ0) is 12.8. The van der Waals surface area contributed by atoms with E-state index in [1.54, 1.807) is 11.3 Å². The summed E-state index contributed by atoms with van der Waals surface area (Å²) in [6.07, 6.45) is 3.63. The molecule has 0 spiro atoms. The number of ether oxygens (including phenoxy) is 1. The minimum absolute atomic E-state index is 0.445. The van der Waals surface area contributed by atoms with Crippen molar-refractivity contribution in [3.05, 3.63) is 16.1 Å². The van der Waals surface area contributed by atoms with Gasteiger partial charge >= 0.3 is 0 Å². The van der Waals surface area contributed by atoms with Gasteiger partial charge in [0.2, 0.25) is 0 Å². The van der Waals surface area contributed by atoms with Crippen molar-refractivity contribution >= 4 is 11.3 Å². The van der Waals surface area contributed by atoms with Crippen molar-refractivity contribution in [2.45, 2.75) is 38.8 Å². The number of hydrogen-bond donors (Lipinski definition) is 2. The normalized spacial score (nSPS) is 23.7. The SMILES string of the molecule is CCC1OCCC1CNCc1csc(CCN)n1. The summed E-state index contributed by atoms with van der Waals surface area (Å²) >= 11 is 1.71. The van der Waals surface area contributed by atoms with Crippen LogP contribution in [0.25, 0.3) is 0 Å². The predicted molar refractivity (Wildman–Crippen MR) is 74.7 cm³/mol. The van der Waals surface area contributed by atoms with Crippen LogP contribution in [0.3, 0.4) is 0 Å². The summed E-state index contributed by atoms with van der Waals surface area (Å²) in [5.74, 6) is 0.664. The maximum Gasteiger partial charge on any atom is 0.0941 e. The lowest BCUT2D eigenvalue weighted by atomic mass is 10.00. The highest BCUT2D eigenvalue weighted by atomic mass is 32.1. The molecule has 2 heterocycles. The highest BCUT2D eigenvalue weighted by molar-refractivity contribution is 7.09. The first-order valence-electron chi connectivity index (χ1n) is 6.79. The number of thiazole rings is 1. The number of hydrogen-bond acceptors (Lipinski definition) is 5. The molecule has 5 heteroatoms. The Hall–Kier alpha value is -0.490. The first-order chi connectivity index (χ1) is 8.83. The van der Waals surface area contributed by atoms with Gasteiger partial charge in [0.15, 0.2) is 0 Å². The second kappa shape index (κ2) is 7.19. The zero-order valence-corrected chi connectivity index (χ0v) is 11.8. The average Bonchev–Trinajstić information content (AvgIpc) is 2.99. The molecule has 2 atom stereocenters. The summed E-state index contributed by atoms with van der Waals surface area (Å²) in [5, 5.41) is 6.77. The lowest BCUT2D eigenvalue weighted by Crippen LogP contribution is -2.28. The first-order valence-corrected chi connectivity index (χ1v) is 7.67. The van der Waals surface area contributed by atoms with Crippen LogP contribution in [-0.2, 0) is 17.7 Å². The van der Waals surface area contributed by atoms with E-state index in [4.69, 9.17) is 10.5 Å². The van der Waals surface area contributed by atoms with Crippen molar-refractivity contribution in [3.8, 4) is 0 Å². The molecule has 1 aromatic rings. The van der Waals surface area contributed by atoms with Crippen LogP contribution in [0.5, 0.6) is 0 Å². The van der Waals surface area contributed by atoms with Crippen LogP contribution in [-0.4, -0.2) is 30.8 Å². The number of nitrogens with two attached hydrogens (primary N) is 1. The molecule has 102 valence electrons. The highest BCUT2D eigenvalue weighted by Gasteiger charge is 2.25. The molecule has 0 bridgehead atoms. The third-order valence-corrected chi connectivity index (χ3v) is 4.38. The Morgan fingerprint density at radius 2 is 2.50 bits per heavy atom. The molecule has 1 aromatic heterocycles. The van der Waals surface area contributed by atoms with Crippen molar-refractivity contribution < 1.29 is 4.74 Å². The van der Waals surface area contributed by atoms with Gasteiger partial charge in [-0.15, -0.1) is 11.3 Å². The summed E-state index contributed by atoms with van der Waals surface area (Å²) in [6, 6.07) is 0. The lowest BCUT2D eigenvalue weighted by molar-refractivity contribution is 0.0872. The van der Waals surface area contributed by atoms with Gasteiger partial charge in [-0.25, -0.2) is 4.98 Å². The number of rotatable bonds is 7. The standard InChI is InChI=1S/C13H23N3OS/c1-2-12-10(4-6-17-12)7-15-8-11-9-18-13(16-11)3-5-14/h9-10,12,15H,2-8,14H2,1H3. The average molecular weight is 269 g/mol. The third kappa shape index (κ3) is 3.75. The molecular weight excluding hydrogens is 246 g/mol. The minimum Gasteiger partial charge on any atom is -0.378 e. The molecule has 1 saturated heterocycles. The van der Waals surface area contributed by atoms with E-state index in [2.05, 4.69) is 22.6 Å². The summed E-state index contributed by atoms with van der Waals surface area (Å²) in [6.45, 7) is 5.68. The zero-order valence-electron chi connectivity index (χ0n) is 11.0. The fourth-order valence-corrected chi connectivity index (χ4v) is 3.25. The van der Waals surface area contributed by atoms with Crippen LogP contribution >= 0.6 is 11.3 Å². The topological polar surface area (TPSA) is 60.2 Å². The van der Waals surface area contributed by atoms with Gasteiger partial charge in [0.25, 0.3) is 0 Å². The summed E-state index contributed by atoms with van der Waals surface area (Å²) in [4.78, 5) is 4.55. The fourth-order valence-electron chi connectivity index (χ4n) is 2.43. The number of aromatic nitrogens is 1. The molecule has 4 nitrogen and oxygen atoms in total. The molecule has 1 fully saturated rings. The van der Waals surface area contributed by atoms with Crippen LogP contribution in [0.4, 0.5) is 0 Å². The molecular formula is C13H23N3OS. The number of nitrogens with one attached hydrogen (secondary N) is 1. The van der Waals surface area contributed by atoms with Crippen molar-refractivity contribution in [1.29, 1.82) is 0 Å². The molecule has 1 aliphatic rings. The van der Waals surface area contributed by atoms with E-state index in [1.165, 1.54) is 6.42 Å². The van der Waals surface area contributed by atoms with Gasteiger partial charge in [0, 0.05) is 31.5 Å². The summed E-state index contributed by atoms with van der Waals surface area (Å²) in [5.41, 5.74) is 6.66. The molecule has 18 heavy (non-hydrogen) atoms. The van der Waals surface area contributed by atoms with Gasteiger partial charge in [-0.1, -0.05) is 6.92 Å². The van der Waals surface area contributed by atoms with Crippen LogP contribution in [0.2, 0.25) is 0 Å². The lowest BCUT2D eigenvalue weighted by Gasteiger charge is -2.16. The molecule has 3 N–H and O–H groups in total. The Balaban J connectivity index is 1.71. The van der Waals surface area contributed by atoms with Gasteiger partial charge in [0.05, 0.1) is 16.8 Å². The molecule has 1 aliphatic heterocycles. The van der Waals surface area contributed by atoms with Crippen molar-refractivity contribution in [2.24, 2.45) is 11.7 Å². The van der Waals surface area contributed by atoms with Gasteiger partial charge in [-0.2, -0.15) is 0 Å². The predicted octanol–water partition coefficient (Wildman–Crippen LogP) is 1.55. The largest absolute Gasteiger partial charge is 0.378 e. The second-order valence-corrected chi connectivity index (χ2v) is 5.71. The molecule has 0 saturated carbocycles. The summed E-state index contributed by atoms with van der Waals surface area (Å²) < 4.78 is 5.69. The highest BCUT2D eigenvalue weighted by Crippen LogP contribution is 2.22. The van der Waals surface area contributed by atoms with Gasteiger partial charge < -0.3 is 15.8 Å². The van der Waals surface area contributed by atoms with E-state index in [9.17, 15) is 0 Å². The van der Waals surface area contributed by atoms with Crippen molar-refractivity contribution in [3.63, 3.8) is 0 Å². The monoisotopic (exact) mass is 269 g/mol. The van der Waals surface area contributed by atoms with E-state index in [0.717, 1.165) is 43.2 Å². The molecule has 0 aliphatic carbocycles. The maximum atomic E-state index is 5.69. The molecule has 2 rings (SSSR count). The van der Waals surface area contributed by atoms with E-state index in [1.807, 2.05) is 0 Å². The third-order valence-electron chi connectivity index (χ3n) is 3.42. The Kier molecular flexibility index (Phi) is 5.56. The minimum atomic E-state index is 0.445. The van der Waals surface area contributed by atoms with E-state index in [0.29, 0.717) is 18.6 Å². The van der Waals surface area contributed by atoms with Crippen molar-refractivity contribution in [1.82, 2.24) is 10.3 Å². The molecule has 0 aromatic carbocycles. The molecule has 0 radical (unpaired) electrons. The summed E-state index contributed by atoms with van der Waals surface area (Å²) in [7, 11) is 0. The fraction of sp³-hybridized carbons (Fsp3) is 0.769. The van der Waals surface area contributed by atoms with Crippen LogP contribution in [0.1, 0.15) is 30.5 Å². The van der Waals surface area contributed by atoms with Crippen LogP contribution in [0, 0.1) is 5.92 Å². The second-order valence-electron chi connectivity index (χ2n) is 4.77. The molecule has 0 amide bonds. The maximum absolute atomic E-state index is 5.69. The first kappa shape index (κ1) is 13.9. The Morgan fingerprint density at radius 3 is 3.28 bits per heavy atom. The quantitative estimate of drug-likeness (QED) is 0.788. The molecule has 2 unspecified atom stereocenters. The Bertz CT molecular complexity index is 356. The van der Waals surface area contributed by atoms with Crippen LogP contribution in [0.15, 0.2) is 5.38 Å². The van der Waals surface area contributed by atoms with E-state index < -0.39 is 0 Å². The van der Waals surface area contributed by atoms with E-state index in [-0.39, 0.29) is 0 Å². The smallest absolute Gasteiger partial charge is 0.0941 e. The Morgan fingerprint density at radius 1 is 1.61 bits per heavy atom. The van der Waals surface area contributed by atoms with Gasteiger partial charge in [-0.3, -0.25) is 0 Å². The van der Waals surface area contributed by atoms with Crippen LogP contribution < -0.4 is 11.1 Å². The van der Waals surface area contributed by atoms with E-state index >= 15 is 0 Å². The van der Waals surface area contributed by atoms with Gasteiger partial charge in [0.1, 0.15) is 0 Å². The van der Waals surface area contributed by atoms with Crippen molar-refractivity contribution in [2.75, 3.05) is 19.7 Å². The Labute approximate surface area is 113 Å².